The first-order valence-corrected chi connectivity index (χ1v) is 14.5. The third-order valence-electron chi connectivity index (χ3n) is 5.08. The van der Waals surface area contributed by atoms with Crippen LogP contribution in [0.25, 0.3) is 0 Å². The van der Waals surface area contributed by atoms with Crippen LogP contribution >= 0.6 is 0 Å². The number of allylic oxidation sites excluding steroid dienone is 4. The number of carbonyl (C=O) groups is 1. The second-order valence-corrected chi connectivity index (χ2v) is 9.36. The second-order valence-electron chi connectivity index (χ2n) is 9.36. The monoisotopic (exact) mass is 478 g/mol. The zero-order chi connectivity index (χ0) is 26.1. The molecule has 0 aliphatic heterocycles. The highest BCUT2D eigenvalue weighted by molar-refractivity contribution is 5.69. The minimum absolute atomic E-state index is 0.0273. The third kappa shape index (κ3) is 44.6. The number of ether oxygens (including phenoxy) is 1. The average molecular weight is 479 g/mol. The van der Waals surface area contributed by atoms with Gasteiger partial charge >= 0.3 is 5.97 Å². The molecule has 0 saturated carbocycles. The fraction of sp³-hybridized carbons (Fsp3) is 0.781. The molecule has 0 atom stereocenters. The van der Waals surface area contributed by atoms with Gasteiger partial charge in [-0.15, -0.1) is 0 Å². The van der Waals surface area contributed by atoms with Crippen molar-refractivity contribution in [3.63, 3.8) is 0 Å². The first-order chi connectivity index (χ1) is 16.5. The van der Waals surface area contributed by atoms with E-state index in [9.17, 15) is 4.79 Å². The van der Waals surface area contributed by atoms with E-state index in [1.165, 1.54) is 89.9 Å². The summed E-state index contributed by atoms with van der Waals surface area (Å²) < 4.78 is 5.12. The van der Waals surface area contributed by atoms with Crippen molar-refractivity contribution < 1.29 is 9.53 Å². The molecule has 0 aromatic heterocycles. The van der Waals surface area contributed by atoms with Crippen LogP contribution < -0.4 is 0 Å². The van der Waals surface area contributed by atoms with Gasteiger partial charge in [-0.25, -0.2) is 0 Å². The molecule has 0 saturated heterocycles. The van der Waals surface area contributed by atoms with E-state index in [0.717, 1.165) is 19.3 Å². The molecular weight excluding hydrogens is 416 g/mol. The fourth-order valence-corrected chi connectivity index (χ4v) is 3.28. The van der Waals surface area contributed by atoms with Crippen molar-refractivity contribution in [2.45, 2.75) is 163 Å². The molecule has 0 spiro atoms. The number of carbonyl (C=O) groups excluding carboxylic acids is 1. The lowest BCUT2D eigenvalue weighted by Gasteiger charge is -2.07. The molecule has 0 rings (SSSR count). The van der Waals surface area contributed by atoms with Gasteiger partial charge in [-0.1, -0.05) is 135 Å². The van der Waals surface area contributed by atoms with Crippen molar-refractivity contribution >= 4 is 5.97 Å². The van der Waals surface area contributed by atoms with Crippen molar-refractivity contribution in [3.05, 3.63) is 37.6 Å². The molecule has 0 aromatic carbocycles. The Morgan fingerprint density at radius 1 is 0.706 bits per heavy atom. The van der Waals surface area contributed by atoms with Crippen LogP contribution in [0.4, 0.5) is 0 Å². The summed E-state index contributed by atoms with van der Waals surface area (Å²) in [6.45, 7) is 16.0. The van der Waals surface area contributed by atoms with E-state index in [2.05, 4.69) is 45.1 Å². The predicted molar refractivity (Wildman–Crippen MR) is 155 cm³/mol. The summed E-state index contributed by atoms with van der Waals surface area (Å²) in [6.07, 6.45) is 33.1. The SMILES string of the molecule is CCCCCCCCCCCCCCCC(=O)OC(C)C.C[CH]C.[CH2]CC=CCC=CCCC. The zero-order valence-electron chi connectivity index (χ0n) is 24.2. The summed E-state index contributed by atoms with van der Waals surface area (Å²) in [4.78, 5) is 11.3. The molecule has 2 nitrogen and oxygen atoms in total. The standard InChI is InChI=1S/C19H38O2.C10H17.C3H7/c1-4-5-6-7-8-9-10-11-12-13-14-15-16-17-19(20)21-18(2)3;1-3-5-7-9-10-8-6-4-2;1-3-2/h18H,4-17H2,1-3H3;5,7-8,10H,1,3-4,6,9H2,2H3;3H,1-2H3. The highest BCUT2D eigenvalue weighted by atomic mass is 16.5. The summed E-state index contributed by atoms with van der Waals surface area (Å²) in [6, 6.07) is 0. The van der Waals surface area contributed by atoms with Gasteiger partial charge in [0.2, 0.25) is 0 Å². The summed E-state index contributed by atoms with van der Waals surface area (Å²) in [7, 11) is 0. The van der Waals surface area contributed by atoms with Gasteiger partial charge < -0.3 is 4.74 Å². The average Bonchev–Trinajstić information content (AvgIpc) is 2.80. The first-order valence-electron chi connectivity index (χ1n) is 14.5. The van der Waals surface area contributed by atoms with E-state index < -0.39 is 0 Å². The van der Waals surface area contributed by atoms with E-state index in [-0.39, 0.29) is 12.1 Å². The molecule has 2 heteroatoms. The Kier molecular flexibility index (Phi) is 40.3. The Bertz CT molecular complexity index is 409. The molecule has 0 amide bonds. The van der Waals surface area contributed by atoms with Crippen molar-refractivity contribution in [3.8, 4) is 0 Å². The molecule has 0 aliphatic carbocycles. The highest BCUT2D eigenvalue weighted by Gasteiger charge is 2.04. The van der Waals surface area contributed by atoms with Gasteiger partial charge in [0.15, 0.2) is 0 Å². The van der Waals surface area contributed by atoms with Gasteiger partial charge in [0.25, 0.3) is 0 Å². The molecule has 34 heavy (non-hydrogen) atoms. The van der Waals surface area contributed by atoms with Gasteiger partial charge in [0.05, 0.1) is 6.10 Å². The third-order valence-corrected chi connectivity index (χ3v) is 5.08. The minimum Gasteiger partial charge on any atom is -0.463 e. The van der Waals surface area contributed by atoms with Gasteiger partial charge in [0.1, 0.15) is 0 Å². The largest absolute Gasteiger partial charge is 0.463 e. The summed E-state index contributed by atoms with van der Waals surface area (Å²) in [5, 5.41) is 0. The molecule has 0 fully saturated rings. The molecule has 0 aliphatic rings. The maximum Gasteiger partial charge on any atom is 0.306 e. The Labute approximate surface area is 216 Å². The van der Waals surface area contributed by atoms with E-state index in [0.29, 0.717) is 6.42 Å². The number of esters is 1. The van der Waals surface area contributed by atoms with Crippen LogP contribution in [0.3, 0.4) is 0 Å². The van der Waals surface area contributed by atoms with Crippen molar-refractivity contribution in [1.82, 2.24) is 0 Å². The van der Waals surface area contributed by atoms with Crippen molar-refractivity contribution in [2.75, 3.05) is 0 Å². The normalized spacial score (nSPS) is 10.8. The zero-order valence-corrected chi connectivity index (χ0v) is 24.2. The van der Waals surface area contributed by atoms with E-state index in [1.807, 2.05) is 34.1 Å². The van der Waals surface area contributed by atoms with E-state index in [4.69, 9.17) is 4.74 Å². The maximum atomic E-state index is 11.3. The van der Waals surface area contributed by atoms with Crippen LogP contribution in [0.15, 0.2) is 24.3 Å². The highest BCUT2D eigenvalue weighted by Crippen LogP contribution is 2.13. The summed E-state index contributed by atoms with van der Waals surface area (Å²) >= 11 is 0. The molecule has 0 aromatic rings. The summed E-state index contributed by atoms with van der Waals surface area (Å²) in [5.41, 5.74) is 0. The Morgan fingerprint density at radius 3 is 1.56 bits per heavy atom. The predicted octanol–water partition coefficient (Wildman–Crippen LogP) is 11.2. The first kappa shape index (κ1) is 37.5. The fourth-order valence-electron chi connectivity index (χ4n) is 3.28. The Morgan fingerprint density at radius 2 is 1.15 bits per heavy atom. The molecule has 0 unspecified atom stereocenters. The van der Waals surface area contributed by atoms with Crippen LogP contribution in [0, 0.1) is 13.3 Å². The van der Waals surface area contributed by atoms with Crippen LogP contribution in [0.5, 0.6) is 0 Å². The molecule has 0 heterocycles. The topological polar surface area (TPSA) is 26.3 Å². The molecule has 0 bridgehead atoms. The lowest BCUT2D eigenvalue weighted by Crippen LogP contribution is -2.10. The quantitative estimate of drug-likeness (QED) is 0.0987. The van der Waals surface area contributed by atoms with Gasteiger partial charge in [0, 0.05) is 6.42 Å². The van der Waals surface area contributed by atoms with E-state index >= 15 is 0 Å². The lowest BCUT2D eigenvalue weighted by atomic mass is 10.0. The number of hydrogen-bond donors (Lipinski definition) is 0. The molecule has 2 radical (unpaired) electrons. The van der Waals surface area contributed by atoms with E-state index in [1.54, 1.807) is 0 Å². The molecular formula is C32H62O2. The van der Waals surface area contributed by atoms with Crippen LogP contribution in [-0.2, 0) is 9.53 Å². The second kappa shape index (κ2) is 36.5. The van der Waals surface area contributed by atoms with Crippen LogP contribution in [0.2, 0.25) is 0 Å². The summed E-state index contributed by atoms with van der Waals surface area (Å²) in [5.74, 6) is -0.0342. The minimum atomic E-state index is -0.0342. The Balaban J connectivity index is -0.000000613. The maximum absolute atomic E-state index is 11.3. The van der Waals surface area contributed by atoms with Crippen molar-refractivity contribution in [1.29, 1.82) is 0 Å². The van der Waals surface area contributed by atoms with Gasteiger partial charge in [-0.2, -0.15) is 0 Å². The molecule has 202 valence electrons. The smallest absolute Gasteiger partial charge is 0.306 e. The number of hydrogen-bond acceptors (Lipinski definition) is 2. The van der Waals surface area contributed by atoms with Crippen molar-refractivity contribution in [2.24, 2.45) is 0 Å². The lowest BCUT2D eigenvalue weighted by molar-refractivity contribution is -0.147. The van der Waals surface area contributed by atoms with Crippen LogP contribution in [0.1, 0.15) is 157 Å². The van der Waals surface area contributed by atoms with Gasteiger partial charge in [-0.05, 0) is 52.9 Å². The number of rotatable bonds is 20. The number of unbranched alkanes of at least 4 members (excludes halogenated alkanes) is 13. The van der Waals surface area contributed by atoms with Gasteiger partial charge in [-0.3, -0.25) is 4.79 Å². The molecule has 0 N–H and O–H groups in total. The van der Waals surface area contributed by atoms with Crippen LogP contribution in [-0.4, -0.2) is 12.1 Å². The Hall–Kier alpha value is -1.05.